The Bertz CT molecular complexity index is 1260. The number of fused-ring (bicyclic) bond motifs is 3. The van der Waals surface area contributed by atoms with Crippen molar-refractivity contribution in [3.05, 3.63) is 95.5 Å². The smallest absolute Gasteiger partial charge is 0.0476 e. The highest BCUT2D eigenvalue weighted by Crippen LogP contribution is 2.40. The number of aromatic amines is 1. The Labute approximate surface area is 166 Å². The summed E-state index contributed by atoms with van der Waals surface area (Å²) in [7, 11) is 0. The molecule has 0 aliphatic carbocycles. The summed E-state index contributed by atoms with van der Waals surface area (Å²) in [4.78, 5) is 3.55. The van der Waals surface area contributed by atoms with E-state index in [1.54, 1.807) is 0 Å². The number of hydrogen-bond acceptors (Lipinski definition) is 1. The predicted molar refractivity (Wildman–Crippen MR) is 119 cm³/mol. The average molecular weight is 413 g/mol. The maximum atomic E-state index is 3.74. The van der Waals surface area contributed by atoms with Crippen LogP contribution in [0, 0.1) is 0 Å². The fourth-order valence-electron chi connectivity index (χ4n) is 3.68. The van der Waals surface area contributed by atoms with Gasteiger partial charge in [0.2, 0.25) is 0 Å². The lowest BCUT2D eigenvalue weighted by molar-refractivity contribution is 1.53. The van der Waals surface area contributed by atoms with Crippen LogP contribution in [0.25, 0.3) is 32.9 Å². The second-order valence-electron chi connectivity index (χ2n) is 6.55. The van der Waals surface area contributed by atoms with Gasteiger partial charge in [-0.2, -0.15) is 0 Å². The molecular formula is C24H17BrN2. The zero-order valence-corrected chi connectivity index (χ0v) is 16.1. The van der Waals surface area contributed by atoms with E-state index in [2.05, 4.69) is 99.0 Å². The van der Waals surface area contributed by atoms with Gasteiger partial charge in [0.05, 0.1) is 0 Å². The molecule has 27 heavy (non-hydrogen) atoms. The van der Waals surface area contributed by atoms with Crippen molar-refractivity contribution in [3.63, 3.8) is 0 Å². The van der Waals surface area contributed by atoms with E-state index < -0.39 is 0 Å². The number of benzene rings is 4. The summed E-state index contributed by atoms with van der Waals surface area (Å²) in [6, 6.07) is 31.5. The minimum absolute atomic E-state index is 1.08. The summed E-state index contributed by atoms with van der Waals surface area (Å²) in [6.45, 7) is 0. The molecule has 0 unspecified atom stereocenters. The Hall–Kier alpha value is -3.04. The van der Waals surface area contributed by atoms with Crippen LogP contribution in [-0.4, -0.2) is 4.98 Å². The molecule has 0 amide bonds. The molecule has 0 fully saturated rings. The first-order chi connectivity index (χ1) is 13.3. The second kappa shape index (κ2) is 6.60. The van der Waals surface area contributed by atoms with Crippen LogP contribution in [0.4, 0.5) is 11.4 Å². The molecule has 0 atom stereocenters. The van der Waals surface area contributed by atoms with Gasteiger partial charge in [0, 0.05) is 43.2 Å². The van der Waals surface area contributed by atoms with Gasteiger partial charge in [-0.25, -0.2) is 0 Å². The molecule has 0 saturated carbocycles. The third-order valence-electron chi connectivity index (χ3n) is 4.87. The Morgan fingerprint density at radius 3 is 2.11 bits per heavy atom. The summed E-state index contributed by atoms with van der Waals surface area (Å²) in [6.07, 6.45) is 0. The Balaban J connectivity index is 1.77. The van der Waals surface area contributed by atoms with E-state index in [1.165, 1.54) is 21.9 Å². The van der Waals surface area contributed by atoms with Gasteiger partial charge < -0.3 is 10.3 Å². The molecule has 5 rings (SSSR count). The van der Waals surface area contributed by atoms with Crippen LogP contribution in [0.15, 0.2) is 95.5 Å². The minimum Gasteiger partial charge on any atom is -0.355 e. The van der Waals surface area contributed by atoms with Gasteiger partial charge in [-0.15, -0.1) is 0 Å². The normalized spacial score (nSPS) is 11.1. The lowest BCUT2D eigenvalue weighted by atomic mass is 9.98. The molecule has 4 aromatic carbocycles. The lowest BCUT2D eigenvalue weighted by Crippen LogP contribution is -1.93. The molecule has 5 aromatic rings. The van der Waals surface area contributed by atoms with E-state index in [0.717, 1.165) is 26.9 Å². The Morgan fingerprint density at radius 2 is 1.26 bits per heavy atom. The van der Waals surface area contributed by atoms with Crippen LogP contribution in [-0.2, 0) is 0 Å². The molecule has 1 heterocycles. The Morgan fingerprint density at radius 1 is 0.593 bits per heavy atom. The summed E-state index contributed by atoms with van der Waals surface area (Å²) < 4.78 is 1.10. The SMILES string of the molecule is Brc1cccc2[nH]c3cccc(-c4ccccc4Nc4ccccc4)c3c12. The van der Waals surface area contributed by atoms with Crippen molar-refractivity contribution in [2.45, 2.75) is 0 Å². The van der Waals surface area contributed by atoms with Crippen LogP contribution in [0.5, 0.6) is 0 Å². The largest absolute Gasteiger partial charge is 0.355 e. The highest BCUT2D eigenvalue weighted by molar-refractivity contribution is 9.10. The zero-order chi connectivity index (χ0) is 18.2. The van der Waals surface area contributed by atoms with Crippen LogP contribution in [0.1, 0.15) is 0 Å². The molecule has 0 aliphatic heterocycles. The van der Waals surface area contributed by atoms with Gasteiger partial charge in [-0.3, -0.25) is 0 Å². The third kappa shape index (κ3) is 2.81. The van der Waals surface area contributed by atoms with E-state index in [1.807, 2.05) is 18.2 Å². The van der Waals surface area contributed by atoms with E-state index in [-0.39, 0.29) is 0 Å². The highest BCUT2D eigenvalue weighted by Gasteiger charge is 2.14. The van der Waals surface area contributed by atoms with Gasteiger partial charge in [0.1, 0.15) is 0 Å². The van der Waals surface area contributed by atoms with Crippen LogP contribution >= 0.6 is 15.9 Å². The summed E-state index contributed by atoms with van der Waals surface area (Å²) in [5, 5.41) is 6.03. The molecule has 3 heteroatoms. The predicted octanol–water partition coefficient (Wildman–Crippen LogP) is 7.49. The number of anilines is 2. The molecule has 0 saturated heterocycles. The number of hydrogen-bond donors (Lipinski definition) is 2. The van der Waals surface area contributed by atoms with Crippen molar-refractivity contribution < 1.29 is 0 Å². The van der Waals surface area contributed by atoms with Crippen molar-refractivity contribution in [3.8, 4) is 11.1 Å². The fraction of sp³-hybridized carbons (Fsp3) is 0. The van der Waals surface area contributed by atoms with Crippen molar-refractivity contribution in [2.24, 2.45) is 0 Å². The van der Waals surface area contributed by atoms with Crippen LogP contribution in [0.3, 0.4) is 0 Å². The van der Waals surface area contributed by atoms with Gasteiger partial charge in [0.25, 0.3) is 0 Å². The molecule has 0 aliphatic rings. The van der Waals surface area contributed by atoms with Gasteiger partial charge in [-0.1, -0.05) is 70.5 Å². The monoisotopic (exact) mass is 412 g/mol. The van der Waals surface area contributed by atoms with Crippen molar-refractivity contribution in [2.75, 3.05) is 5.32 Å². The topological polar surface area (TPSA) is 27.8 Å². The Kier molecular flexibility index (Phi) is 3.95. The van der Waals surface area contributed by atoms with E-state index in [9.17, 15) is 0 Å². The fourth-order valence-corrected chi connectivity index (χ4v) is 4.25. The zero-order valence-electron chi connectivity index (χ0n) is 14.5. The number of H-pyrrole nitrogens is 1. The first-order valence-electron chi connectivity index (χ1n) is 8.92. The molecular weight excluding hydrogens is 396 g/mol. The molecule has 0 radical (unpaired) electrons. The van der Waals surface area contributed by atoms with Crippen molar-refractivity contribution >= 4 is 49.1 Å². The number of rotatable bonds is 3. The quantitative estimate of drug-likeness (QED) is 0.315. The van der Waals surface area contributed by atoms with Gasteiger partial charge >= 0.3 is 0 Å². The first-order valence-corrected chi connectivity index (χ1v) is 9.71. The molecule has 1 aromatic heterocycles. The van der Waals surface area contributed by atoms with Crippen LogP contribution < -0.4 is 5.32 Å². The first kappa shape index (κ1) is 16.2. The summed E-state index contributed by atoms with van der Waals surface area (Å²) >= 11 is 3.74. The van der Waals surface area contributed by atoms with E-state index in [4.69, 9.17) is 0 Å². The average Bonchev–Trinajstić information content (AvgIpc) is 3.09. The minimum atomic E-state index is 1.08. The van der Waals surface area contributed by atoms with Crippen LogP contribution in [0.2, 0.25) is 0 Å². The van der Waals surface area contributed by atoms with Gasteiger partial charge in [0.15, 0.2) is 0 Å². The van der Waals surface area contributed by atoms with E-state index >= 15 is 0 Å². The molecule has 0 spiro atoms. The summed E-state index contributed by atoms with van der Waals surface area (Å²) in [5.41, 5.74) is 6.85. The third-order valence-corrected chi connectivity index (χ3v) is 5.53. The number of halogens is 1. The van der Waals surface area contributed by atoms with Crippen molar-refractivity contribution in [1.82, 2.24) is 4.98 Å². The number of para-hydroxylation sites is 2. The second-order valence-corrected chi connectivity index (χ2v) is 7.41. The van der Waals surface area contributed by atoms with Gasteiger partial charge in [-0.05, 0) is 42.0 Å². The molecule has 2 nitrogen and oxygen atoms in total. The number of aromatic nitrogens is 1. The highest BCUT2D eigenvalue weighted by atomic mass is 79.9. The van der Waals surface area contributed by atoms with Crippen molar-refractivity contribution in [1.29, 1.82) is 0 Å². The maximum Gasteiger partial charge on any atom is 0.0476 e. The van der Waals surface area contributed by atoms with E-state index in [0.29, 0.717) is 0 Å². The maximum absolute atomic E-state index is 3.74. The standard InChI is InChI=1S/C24H17BrN2/c25-19-12-7-15-22-24(19)23-18(11-6-14-21(23)27-22)17-10-4-5-13-20(17)26-16-8-2-1-3-9-16/h1-15,26-27H. The molecule has 130 valence electrons. The summed E-state index contributed by atoms with van der Waals surface area (Å²) in [5.74, 6) is 0. The molecule has 2 N–H and O–H groups in total. The lowest BCUT2D eigenvalue weighted by Gasteiger charge is -2.13. The molecule has 0 bridgehead atoms. The number of nitrogens with one attached hydrogen (secondary N) is 2.